The maximum absolute atomic E-state index is 12.8. The van der Waals surface area contributed by atoms with Crippen LogP contribution in [-0.2, 0) is 14.8 Å². The fourth-order valence-electron chi connectivity index (χ4n) is 3.24. The molecule has 3 rings (SSSR count). The maximum Gasteiger partial charge on any atom is 0.289 e. The smallest absolute Gasteiger partial charge is 0.289 e. The van der Waals surface area contributed by atoms with E-state index in [0.717, 1.165) is 6.07 Å². The molecule has 166 valence electrons. The topological polar surface area (TPSA) is 130 Å². The number of nitro groups is 1. The molecule has 1 fully saturated rings. The average Bonchev–Trinajstić information content (AvgIpc) is 3.31. The van der Waals surface area contributed by atoms with Crippen molar-refractivity contribution in [2.45, 2.75) is 17.7 Å². The van der Waals surface area contributed by atoms with Crippen LogP contribution in [0.4, 0.5) is 5.69 Å². The van der Waals surface area contributed by atoms with Crippen LogP contribution in [-0.4, -0.2) is 67.1 Å². The Bertz CT molecular complexity index is 1050. The molecular weight excluding hydrogens is 444 g/mol. The van der Waals surface area contributed by atoms with Crippen LogP contribution in [0.25, 0.3) is 0 Å². The molecule has 0 aliphatic carbocycles. The summed E-state index contributed by atoms with van der Waals surface area (Å²) in [6, 6.07) is 6.95. The lowest BCUT2D eigenvalue weighted by Crippen LogP contribution is -2.50. The summed E-state index contributed by atoms with van der Waals surface area (Å²) in [7, 11) is -4.03. The highest BCUT2D eigenvalue weighted by molar-refractivity contribution is 7.89. The fraction of sp³-hybridized carbons (Fsp3) is 0.368. The van der Waals surface area contributed by atoms with Gasteiger partial charge in [0, 0.05) is 56.2 Å². The first kappa shape index (κ1) is 22.8. The number of hydrogen-bond donors (Lipinski definition) is 1. The van der Waals surface area contributed by atoms with Crippen LogP contribution in [0.2, 0.25) is 0 Å². The number of nitrogens with zero attached hydrogens (tertiary/aromatic N) is 3. The second-order valence-electron chi connectivity index (χ2n) is 6.88. The van der Waals surface area contributed by atoms with Gasteiger partial charge in [0.05, 0.1) is 4.92 Å². The first-order valence-corrected chi connectivity index (χ1v) is 12.0. The number of benzene rings is 1. The molecule has 31 heavy (non-hydrogen) atoms. The molecule has 1 saturated heterocycles. The van der Waals surface area contributed by atoms with Gasteiger partial charge in [0.2, 0.25) is 15.9 Å². The predicted octanol–water partition coefficient (Wildman–Crippen LogP) is 1.70. The van der Waals surface area contributed by atoms with Gasteiger partial charge in [0.25, 0.3) is 11.6 Å². The monoisotopic (exact) mass is 466 g/mol. The molecule has 2 heterocycles. The molecule has 2 aromatic rings. The van der Waals surface area contributed by atoms with Crippen molar-refractivity contribution in [3.63, 3.8) is 0 Å². The summed E-state index contributed by atoms with van der Waals surface area (Å²) in [4.78, 5) is 35.9. The van der Waals surface area contributed by atoms with Crippen LogP contribution in [0.1, 0.15) is 23.2 Å². The van der Waals surface area contributed by atoms with Crippen LogP contribution in [0.5, 0.6) is 0 Å². The quantitative estimate of drug-likeness (QED) is 0.358. The van der Waals surface area contributed by atoms with Crippen LogP contribution < -0.4 is 5.32 Å². The predicted molar refractivity (Wildman–Crippen MR) is 114 cm³/mol. The SMILES string of the molecule is O=C(NCCCC(=O)N1CCN(S(=O)(=O)c2ccccc2[N+](=O)[O-])CC1)c1ccsc1. The van der Waals surface area contributed by atoms with Crippen molar-refractivity contribution < 1.29 is 22.9 Å². The van der Waals surface area contributed by atoms with Gasteiger partial charge < -0.3 is 10.2 Å². The maximum atomic E-state index is 12.8. The molecule has 1 aromatic carbocycles. The Morgan fingerprint density at radius 1 is 1.13 bits per heavy atom. The Balaban J connectivity index is 1.48. The van der Waals surface area contributed by atoms with E-state index in [9.17, 15) is 28.1 Å². The number of thiophene rings is 1. The van der Waals surface area contributed by atoms with Gasteiger partial charge in [-0.3, -0.25) is 19.7 Å². The van der Waals surface area contributed by atoms with Crippen LogP contribution in [0.15, 0.2) is 46.0 Å². The zero-order chi connectivity index (χ0) is 22.4. The lowest BCUT2D eigenvalue weighted by molar-refractivity contribution is -0.387. The van der Waals surface area contributed by atoms with Crippen molar-refractivity contribution in [3.05, 3.63) is 56.8 Å². The fourth-order valence-corrected chi connectivity index (χ4v) is 5.45. The number of carbonyl (C=O) groups is 2. The molecule has 0 bridgehead atoms. The molecule has 0 saturated carbocycles. The van der Waals surface area contributed by atoms with Crippen molar-refractivity contribution >= 4 is 38.9 Å². The number of para-hydroxylation sites is 1. The number of sulfonamides is 1. The van der Waals surface area contributed by atoms with E-state index in [4.69, 9.17) is 0 Å². The largest absolute Gasteiger partial charge is 0.352 e. The Labute approximate surface area is 183 Å². The lowest BCUT2D eigenvalue weighted by Gasteiger charge is -2.34. The van der Waals surface area contributed by atoms with Crippen LogP contribution >= 0.6 is 11.3 Å². The first-order chi connectivity index (χ1) is 14.8. The molecule has 2 amide bonds. The third-order valence-electron chi connectivity index (χ3n) is 4.91. The molecule has 0 spiro atoms. The standard InChI is InChI=1S/C19H22N4O6S2/c24-18(6-3-8-20-19(25)15-7-13-30-14-15)21-9-11-22(12-10-21)31(28,29)17-5-2-1-4-16(17)23(26)27/h1-2,4-5,7,13-14H,3,6,8-12H2,(H,20,25). The highest BCUT2D eigenvalue weighted by Gasteiger charge is 2.34. The zero-order valence-corrected chi connectivity index (χ0v) is 18.2. The second-order valence-corrected chi connectivity index (χ2v) is 9.57. The third kappa shape index (κ3) is 5.46. The molecule has 1 aromatic heterocycles. The number of carbonyl (C=O) groups excluding carboxylic acids is 2. The normalized spacial score (nSPS) is 14.9. The first-order valence-electron chi connectivity index (χ1n) is 9.62. The van der Waals surface area contributed by atoms with Gasteiger partial charge in [0.15, 0.2) is 4.90 Å². The summed E-state index contributed by atoms with van der Waals surface area (Å²) in [6.45, 7) is 0.913. The summed E-state index contributed by atoms with van der Waals surface area (Å²) >= 11 is 1.43. The highest BCUT2D eigenvalue weighted by Crippen LogP contribution is 2.27. The van der Waals surface area contributed by atoms with Gasteiger partial charge in [-0.15, -0.1) is 0 Å². The van der Waals surface area contributed by atoms with E-state index in [1.165, 1.54) is 33.8 Å². The van der Waals surface area contributed by atoms with Gasteiger partial charge >= 0.3 is 0 Å². The lowest BCUT2D eigenvalue weighted by atomic mass is 10.2. The molecule has 0 atom stereocenters. The minimum Gasteiger partial charge on any atom is -0.352 e. The second kappa shape index (κ2) is 9.98. The Hall–Kier alpha value is -2.83. The van der Waals surface area contributed by atoms with Crippen molar-refractivity contribution in [2.24, 2.45) is 0 Å². The van der Waals surface area contributed by atoms with Gasteiger partial charge in [-0.1, -0.05) is 12.1 Å². The summed E-state index contributed by atoms with van der Waals surface area (Å²) in [5, 5.41) is 17.5. The molecule has 12 heteroatoms. The van der Waals surface area contributed by atoms with Crippen molar-refractivity contribution in [2.75, 3.05) is 32.7 Å². The van der Waals surface area contributed by atoms with E-state index >= 15 is 0 Å². The summed E-state index contributed by atoms with van der Waals surface area (Å²) in [5.74, 6) is -0.296. The summed E-state index contributed by atoms with van der Waals surface area (Å²) in [6.07, 6.45) is 0.713. The van der Waals surface area contributed by atoms with Gasteiger partial charge in [-0.25, -0.2) is 8.42 Å². The molecule has 10 nitrogen and oxygen atoms in total. The molecule has 0 radical (unpaired) electrons. The molecule has 0 unspecified atom stereocenters. The Morgan fingerprint density at radius 3 is 2.48 bits per heavy atom. The summed E-state index contributed by atoms with van der Waals surface area (Å²) < 4.78 is 26.8. The minimum absolute atomic E-state index is 0.0645. The van der Waals surface area contributed by atoms with E-state index in [1.807, 2.05) is 5.38 Å². The van der Waals surface area contributed by atoms with Crippen molar-refractivity contribution in [1.82, 2.24) is 14.5 Å². The number of piperazine rings is 1. The number of amides is 2. The highest BCUT2D eigenvalue weighted by atomic mass is 32.2. The Kier molecular flexibility index (Phi) is 7.36. The van der Waals surface area contributed by atoms with Gasteiger partial charge in [-0.2, -0.15) is 15.6 Å². The number of rotatable bonds is 8. The van der Waals surface area contributed by atoms with E-state index in [2.05, 4.69) is 5.32 Å². The molecular formula is C19H22N4O6S2. The molecule has 1 aliphatic heterocycles. The Morgan fingerprint density at radius 2 is 1.84 bits per heavy atom. The number of nitro benzene ring substituents is 1. The zero-order valence-electron chi connectivity index (χ0n) is 16.6. The van der Waals surface area contributed by atoms with Gasteiger partial charge in [0.1, 0.15) is 0 Å². The van der Waals surface area contributed by atoms with Crippen molar-refractivity contribution in [3.8, 4) is 0 Å². The number of nitrogens with one attached hydrogen (secondary N) is 1. The number of hydrogen-bond acceptors (Lipinski definition) is 7. The van der Waals surface area contributed by atoms with E-state index in [1.54, 1.807) is 16.3 Å². The molecule has 1 N–H and O–H groups in total. The van der Waals surface area contributed by atoms with Crippen molar-refractivity contribution in [1.29, 1.82) is 0 Å². The van der Waals surface area contributed by atoms with E-state index in [-0.39, 0.29) is 49.3 Å². The van der Waals surface area contributed by atoms with Gasteiger partial charge in [-0.05, 0) is 23.9 Å². The third-order valence-corrected chi connectivity index (χ3v) is 7.54. The average molecular weight is 467 g/mol. The summed E-state index contributed by atoms with van der Waals surface area (Å²) in [5.41, 5.74) is 0.123. The van der Waals surface area contributed by atoms with E-state index < -0.39 is 20.6 Å². The van der Waals surface area contributed by atoms with E-state index in [0.29, 0.717) is 18.5 Å². The molecule has 1 aliphatic rings. The van der Waals surface area contributed by atoms with Crippen LogP contribution in [0, 0.1) is 10.1 Å². The minimum atomic E-state index is -4.03. The van der Waals surface area contributed by atoms with Crippen LogP contribution in [0.3, 0.4) is 0 Å².